The van der Waals surface area contributed by atoms with Crippen LogP contribution < -0.4 is 4.74 Å². The average molecular weight is 300 g/mol. The molecule has 1 aromatic carbocycles. The van der Waals surface area contributed by atoms with Gasteiger partial charge < -0.3 is 14.7 Å². The number of hydrogen-bond acceptors (Lipinski definition) is 3. The van der Waals surface area contributed by atoms with Gasteiger partial charge in [-0.25, -0.2) is 0 Å². The maximum atomic E-state index is 12.2. The summed E-state index contributed by atoms with van der Waals surface area (Å²) in [5, 5.41) is 8.93. The monoisotopic (exact) mass is 299 g/mol. The van der Waals surface area contributed by atoms with Crippen LogP contribution in [0.15, 0.2) is 22.7 Å². The lowest BCUT2D eigenvalue weighted by molar-refractivity contribution is 0.0359. The Morgan fingerprint density at radius 3 is 2.88 bits per heavy atom. The fourth-order valence-corrected chi connectivity index (χ4v) is 2.23. The topological polar surface area (TPSA) is 49.8 Å². The molecule has 0 bridgehead atoms. The van der Waals surface area contributed by atoms with E-state index in [0.717, 1.165) is 4.47 Å². The van der Waals surface area contributed by atoms with Gasteiger partial charge >= 0.3 is 0 Å². The van der Waals surface area contributed by atoms with Crippen LogP contribution in [0.5, 0.6) is 5.75 Å². The molecule has 92 valence electrons. The van der Waals surface area contributed by atoms with E-state index < -0.39 is 0 Å². The summed E-state index contributed by atoms with van der Waals surface area (Å²) in [7, 11) is 1.55. The number of rotatable bonds is 3. The SMILES string of the molecule is COc1ccc(Br)cc1C(=O)N1CC(CO)C1. The van der Waals surface area contributed by atoms with E-state index in [2.05, 4.69) is 15.9 Å². The number of methoxy groups -OCH3 is 1. The Morgan fingerprint density at radius 1 is 1.59 bits per heavy atom. The van der Waals surface area contributed by atoms with Crippen molar-refractivity contribution in [3.05, 3.63) is 28.2 Å². The molecule has 1 aliphatic heterocycles. The number of ether oxygens (including phenoxy) is 1. The molecule has 1 N–H and O–H groups in total. The smallest absolute Gasteiger partial charge is 0.257 e. The first-order valence-corrected chi connectivity index (χ1v) is 6.18. The van der Waals surface area contributed by atoms with Gasteiger partial charge in [-0.1, -0.05) is 15.9 Å². The van der Waals surface area contributed by atoms with E-state index in [0.29, 0.717) is 24.4 Å². The predicted molar refractivity (Wildman–Crippen MR) is 67.2 cm³/mol. The molecule has 1 fully saturated rings. The molecule has 0 atom stereocenters. The van der Waals surface area contributed by atoms with Crippen molar-refractivity contribution in [2.45, 2.75) is 0 Å². The molecule has 0 aliphatic carbocycles. The molecule has 1 heterocycles. The first-order chi connectivity index (χ1) is 8.15. The molecular weight excluding hydrogens is 286 g/mol. The highest BCUT2D eigenvalue weighted by Gasteiger charge is 2.31. The van der Waals surface area contributed by atoms with Gasteiger partial charge in [-0.2, -0.15) is 0 Å². The zero-order chi connectivity index (χ0) is 12.4. The number of carbonyl (C=O) groups is 1. The second-order valence-corrected chi connectivity index (χ2v) is 5.02. The molecule has 1 saturated heterocycles. The number of hydrogen-bond donors (Lipinski definition) is 1. The average Bonchev–Trinajstić information content (AvgIpc) is 2.27. The molecule has 1 aliphatic rings. The number of aliphatic hydroxyl groups excluding tert-OH is 1. The van der Waals surface area contributed by atoms with Crippen LogP contribution in [0.4, 0.5) is 0 Å². The summed E-state index contributed by atoms with van der Waals surface area (Å²) < 4.78 is 6.02. The van der Waals surface area contributed by atoms with E-state index in [4.69, 9.17) is 9.84 Å². The normalized spacial score (nSPS) is 15.6. The van der Waals surface area contributed by atoms with Crippen molar-refractivity contribution < 1.29 is 14.6 Å². The van der Waals surface area contributed by atoms with Crippen LogP contribution >= 0.6 is 15.9 Å². The van der Waals surface area contributed by atoms with E-state index in [1.165, 1.54) is 0 Å². The highest BCUT2D eigenvalue weighted by atomic mass is 79.9. The molecule has 2 rings (SSSR count). The van der Waals surface area contributed by atoms with Crippen molar-refractivity contribution in [3.63, 3.8) is 0 Å². The van der Waals surface area contributed by atoms with Crippen molar-refractivity contribution in [1.29, 1.82) is 0 Å². The molecule has 1 amide bonds. The number of amides is 1. The third-order valence-corrected chi connectivity index (χ3v) is 3.39. The van der Waals surface area contributed by atoms with Crippen LogP contribution in [0.25, 0.3) is 0 Å². The Kier molecular flexibility index (Phi) is 3.69. The van der Waals surface area contributed by atoms with Crippen molar-refractivity contribution >= 4 is 21.8 Å². The van der Waals surface area contributed by atoms with Crippen LogP contribution in [0.3, 0.4) is 0 Å². The van der Waals surface area contributed by atoms with Gasteiger partial charge in [0.2, 0.25) is 0 Å². The Hall–Kier alpha value is -1.07. The molecule has 17 heavy (non-hydrogen) atoms. The van der Waals surface area contributed by atoms with Gasteiger partial charge in [0.1, 0.15) is 5.75 Å². The Bertz CT molecular complexity index is 430. The summed E-state index contributed by atoms with van der Waals surface area (Å²) in [5.41, 5.74) is 0.554. The Morgan fingerprint density at radius 2 is 2.29 bits per heavy atom. The maximum Gasteiger partial charge on any atom is 0.257 e. The highest BCUT2D eigenvalue weighted by molar-refractivity contribution is 9.10. The van der Waals surface area contributed by atoms with Crippen LogP contribution in [-0.4, -0.2) is 42.7 Å². The van der Waals surface area contributed by atoms with Crippen LogP contribution in [0.2, 0.25) is 0 Å². The molecule has 0 spiro atoms. The fourth-order valence-electron chi connectivity index (χ4n) is 1.87. The number of halogens is 1. The molecular formula is C12H14BrNO3. The van der Waals surface area contributed by atoms with Gasteiger partial charge in [-0.3, -0.25) is 4.79 Å². The summed E-state index contributed by atoms with van der Waals surface area (Å²) in [6, 6.07) is 5.36. The summed E-state index contributed by atoms with van der Waals surface area (Å²) >= 11 is 3.34. The van der Waals surface area contributed by atoms with Crippen molar-refractivity contribution in [2.75, 3.05) is 26.8 Å². The Balaban J connectivity index is 2.16. The third kappa shape index (κ3) is 2.45. The molecule has 0 radical (unpaired) electrons. The van der Waals surface area contributed by atoms with Gasteiger partial charge in [0.05, 0.1) is 12.7 Å². The number of carbonyl (C=O) groups excluding carboxylic acids is 1. The molecule has 5 heteroatoms. The van der Waals surface area contributed by atoms with Crippen molar-refractivity contribution in [1.82, 2.24) is 4.90 Å². The van der Waals surface area contributed by atoms with Gasteiger partial charge in [-0.05, 0) is 18.2 Å². The summed E-state index contributed by atoms with van der Waals surface area (Å²) in [6.45, 7) is 1.37. The lowest BCUT2D eigenvalue weighted by atomic mass is 10.00. The zero-order valence-electron chi connectivity index (χ0n) is 9.52. The molecule has 0 saturated carbocycles. The molecule has 1 aromatic rings. The van der Waals surface area contributed by atoms with Crippen molar-refractivity contribution in [3.8, 4) is 5.75 Å². The van der Waals surface area contributed by atoms with Gasteiger partial charge in [0.15, 0.2) is 0 Å². The summed E-state index contributed by atoms with van der Waals surface area (Å²) in [5.74, 6) is 0.746. The van der Waals surface area contributed by atoms with Gasteiger partial charge in [0.25, 0.3) is 5.91 Å². The number of likely N-dealkylation sites (tertiary alicyclic amines) is 1. The maximum absolute atomic E-state index is 12.2. The molecule has 0 aromatic heterocycles. The number of aliphatic hydroxyl groups is 1. The van der Waals surface area contributed by atoms with E-state index >= 15 is 0 Å². The van der Waals surface area contributed by atoms with E-state index in [1.54, 1.807) is 24.1 Å². The number of benzene rings is 1. The minimum absolute atomic E-state index is 0.0483. The highest BCUT2D eigenvalue weighted by Crippen LogP contribution is 2.27. The van der Waals surface area contributed by atoms with Gasteiger partial charge in [0, 0.05) is 30.1 Å². The van der Waals surface area contributed by atoms with Crippen LogP contribution in [0.1, 0.15) is 10.4 Å². The van der Waals surface area contributed by atoms with Crippen LogP contribution in [-0.2, 0) is 0 Å². The minimum atomic E-state index is -0.0483. The van der Waals surface area contributed by atoms with E-state index in [9.17, 15) is 4.79 Å². The lowest BCUT2D eigenvalue weighted by Gasteiger charge is -2.38. The van der Waals surface area contributed by atoms with Crippen molar-refractivity contribution in [2.24, 2.45) is 5.92 Å². The largest absolute Gasteiger partial charge is 0.496 e. The summed E-state index contributed by atoms with van der Waals surface area (Å²) in [6.07, 6.45) is 0. The standard InChI is InChI=1S/C12H14BrNO3/c1-17-11-3-2-9(13)4-10(11)12(16)14-5-8(6-14)7-15/h2-4,8,15H,5-7H2,1H3. The Labute approximate surface area is 108 Å². The summed E-state index contributed by atoms with van der Waals surface area (Å²) in [4.78, 5) is 13.9. The minimum Gasteiger partial charge on any atom is -0.496 e. The molecule has 4 nitrogen and oxygen atoms in total. The number of nitrogens with zero attached hydrogens (tertiary/aromatic N) is 1. The third-order valence-electron chi connectivity index (χ3n) is 2.89. The fraction of sp³-hybridized carbons (Fsp3) is 0.417. The first kappa shape index (κ1) is 12.4. The predicted octanol–water partition coefficient (Wildman–Crippen LogP) is 1.52. The van der Waals surface area contributed by atoms with E-state index in [1.807, 2.05) is 6.07 Å². The second-order valence-electron chi connectivity index (χ2n) is 4.10. The second kappa shape index (κ2) is 5.06. The quantitative estimate of drug-likeness (QED) is 0.921. The molecule has 0 unspecified atom stereocenters. The van der Waals surface area contributed by atoms with Gasteiger partial charge in [-0.15, -0.1) is 0 Å². The first-order valence-electron chi connectivity index (χ1n) is 5.39. The van der Waals surface area contributed by atoms with E-state index in [-0.39, 0.29) is 18.4 Å². The van der Waals surface area contributed by atoms with Crippen LogP contribution in [0, 0.1) is 5.92 Å². The zero-order valence-corrected chi connectivity index (χ0v) is 11.1. The lowest BCUT2D eigenvalue weighted by Crippen LogP contribution is -2.51.